The van der Waals surface area contributed by atoms with Gasteiger partial charge in [0, 0.05) is 6.54 Å². The van der Waals surface area contributed by atoms with Crippen LogP contribution in [0, 0.1) is 34.0 Å². The van der Waals surface area contributed by atoms with E-state index < -0.39 is 5.54 Å². The molecule has 0 aromatic carbocycles. The predicted molar refractivity (Wildman–Crippen MR) is 59.4 cm³/mol. The average Bonchev–Trinajstić information content (AvgIpc) is 2.77. The molecule has 0 saturated heterocycles. The first-order valence-corrected chi connectivity index (χ1v) is 5.05. The van der Waals surface area contributed by atoms with Crippen LogP contribution in [0.15, 0.2) is 6.33 Å². The Morgan fingerprint density at radius 2 is 2.12 bits per heavy atom. The van der Waals surface area contributed by atoms with Crippen molar-refractivity contribution in [2.75, 3.05) is 7.05 Å². The molecule has 1 atom stereocenters. The van der Waals surface area contributed by atoms with E-state index in [1.165, 1.54) is 6.33 Å². The van der Waals surface area contributed by atoms with Gasteiger partial charge in [-0.25, -0.2) is 4.98 Å². The van der Waals surface area contributed by atoms with E-state index in [0.717, 1.165) is 0 Å². The van der Waals surface area contributed by atoms with Crippen LogP contribution in [0.3, 0.4) is 0 Å². The van der Waals surface area contributed by atoms with Crippen LogP contribution in [0.2, 0.25) is 0 Å². The number of hydrogen-bond donors (Lipinski definition) is 1. The van der Waals surface area contributed by atoms with Gasteiger partial charge in [0.2, 0.25) is 0 Å². The van der Waals surface area contributed by atoms with Crippen LogP contribution in [-0.2, 0) is 6.54 Å². The third-order valence-corrected chi connectivity index (χ3v) is 2.70. The highest BCUT2D eigenvalue weighted by atomic mass is 15.1. The topological polar surface area (TPSA) is 101 Å². The quantitative estimate of drug-likeness (QED) is 0.809. The fourth-order valence-corrected chi connectivity index (χ4v) is 1.33. The lowest BCUT2D eigenvalue weighted by molar-refractivity contribution is 0.420. The summed E-state index contributed by atoms with van der Waals surface area (Å²) in [6.07, 6.45) is 1.97. The van der Waals surface area contributed by atoms with E-state index >= 15 is 0 Å². The first kappa shape index (κ1) is 12.7. The molecule has 0 amide bonds. The fraction of sp³-hybridized carbons (Fsp3) is 0.455. The molecule has 17 heavy (non-hydrogen) atoms. The molecule has 1 N–H and O–H groups in total. The Morgan fingerprint density at radius 1 is 1.41 bits per heavy atom. The lowest BCUT2D eigenvalue weighted by atomic mass is 10.0. The maximum Gasteiger partial charge on any atom is 0.176 e. The van der Waals surface area contributed by atoms with Crippen LogP contribution < -0.4 is 5.32 Å². The zero-order valence-electron chi connectivity index (χ0n) is 9.73. The van der Waals surface area contributed by atoms with Gasteiger partial charge >= 0.3 is 0 Å². The average molecular weight is 228 g/mol. The van der Waals surface area contributed by atoms with Gasteiger partial charge in [-0.2, -0.15) is 15.8 Å². The first-order chi connectivity index (χ1) is 8.10. The molecule has 1 unspecified atom stereocenters. The van der Waals surface area contributed by atoms with Gasteiger partial charge < -0.3 is 9.88 Å². The number of hydrogen-bond acceptors (Lipinski definition) is 5. The molecule has 1 aromatic heterocycles. The molecule has 1 heterocycles. The molecule has 0 aliphatic carbocycles. The highest BCUT2D eigenvalue weighted by Gasteiger charge is 2.21. The number of rotatable bonds is 4. The van der Waals surface area contributed by atoms with Crippen molar-refractivity contribution >= 4 is 0 Å². The third kappa shape index (κ3) is 2.60. The highest BCUT2D eigenvalue weighted by Crippen LogP contribution is 2.12. The monoisotopic (exact) mass is 228 g/mol. The Balaban J connectivity index is 2.86. The van der Waals surface area contributed by atoms with Crippen LogP contribution in [0.4, 0.5) is 0 Å². The van der Waals surface area contributed by atoms with Crippen LogP contribution >= 0.6 is 0 Å². The number of nitrogens with zero attached hydrogens (tertiary/aromatic N) is 5. The second-order valence-electron chi connectivity index (χ2n) is 3.80. The molecule has 0 saturated carbocycles. The molecule has 1 rings (SSSR count). The summed E-state index contributed by atoms with van der Waals surface area (Å²) < 4.78 is 1.59. The molecule has 0 spiro atoms. The summed E-state index contributed by atoms with van der Waals surface area (Å²) in [5.41, 5.74) is -0.288. The molecule has 0 aliphatic heterocycles. The summed E-state index contributed by atoms with van der Waals surface area (Å²) in [4.78, 5) is 3.83. The van der Waals surface area contributed by atoms with E-state index in [-0.39, 0.29) is 11.4 Å². The van der Waals surface area contributed by atoms with E-state index in [1.807, 2.05) is 12.1 Å². The fourth-order valence-electron chi connectivity index (χ4n) is 1.33. The smallest absolute Gasteiger partial charge is 0.176 e. The summed E-state index contributed by atoms with van der Waals surface area (Å²) >= 11 is 0. The van der Waals surface area contributed by atoms with Gasteiger partial charge in [-0.3, -0.25) is 0 Å². The summed E-state index contributed by atoms with van der Waals surface area (Å²) in [5, 5.41) is 29.6. The van der Waals surface area contributed by atoms with Crippen molar-refractivity contribution in [1.29, 1.82) is 15.8 Å². The summed E-state index contributed by atoms with van der Waals surface area (Å²) in [6, 6.07) is 5.96. The van der Waals surface area contributed by atoms with E-state index in [0.29, 0.717) is 13.0 Å². The van der Waals surface area contributed by atoms with Gasteiger partial charge in [-0.05, 0) is 20.4 Å². The second-order valence-corrected chi connectivity index (χ2v) is 3.80. The van der Waals surface area contributed by atoms with Crippen LogP contribution in [0.1, 0.15) is 24.7 Å². The lowest BCUT2D eigenvalue weighted by Crippen LogP contribution is -2.39. The molecule has 1 aromatic rings. The van der Waals surface area contributed by atoms with Crippen molar-refractivity contribution in [2.24, 2.45) is 0 Å². The summed E-state index contributed by atoms with van der Waals surface area (Å²) in [6.45, 7) is 2.24. The first-order valence-electron chi connectivity index (χ1n) is 5.05. The van der Waals surface area contributed by atoms with Gasteiger partial charge in [0.05, 0.1) is 12.4 Å². The largest absolute Gasteiger partial charge is 0.321 e. The van der Waals surface area contributed by atoms with Gasteiger partial charge in [0.15, 0.2) is 11.4 Å². The standard InChI is InChI=1S/C11H12N6/c1-11(7-14,15-2)3-4-17-8-16-9(5-12)10(17)6-13/h8,15H,3-4H2,1-2H3. The Kier molecular flexibility index (Phi) is 3.82. The zero-order valence-corrected chi connectivity index (χ0v) is 9.73. The molecular weight excluding hydrogens is 216 g/mol. The minimum atomic E-state index is -0.649. The van der Waals surface area contributed by atoms with Gasteiger partial charge in [-0.15, -0.1) is 0 Å². The molecule has 0 fully saturated rings. The van der Waals surface area contributed by atoms with Crippen molar-refractivity contribution in [3.8, 4) is 18.2 Å². The van der Waals surface area contributed by atoms with Gasteiger partial charge in [0.1, 0.15) is 17.7 Å². The Labute approximate surface area is 99.7 Å². The molecule has 6 nitrogen and oxygen atoms in total. The Morgan fingerprint density at radius 3 is 2.59 bits per heavy atom. The number of nitriles is 3. The molecule has 86 valence electrons. The predicted octanol–water partition coefficient (Wildman–Crippen LogP) is 0.518. The number of aryl methyl sites for hydroxylation is 1. The van der Waals surface area contributed by atoms with Crippen molar-refractivity contribution in [1.82, 2.24) is 14.9 Å². The van der Waals surface area contributed by atoms with E-state index in [9.17, 15) is 0 Å². The number of nitrogens with one attached hydrogen (secondary N) is 1. The Hall–Kier alpha value is -2.36. The van der Waals surface area contributed by atoms with E-state index in [4.69, 9.17) is 15.8 Å². The Bertz CT molecular complexity index is 524. The summed E-state index contributed by atoms with van der Waals surface area (Å²) in [5.74, 6) is 0. The van der Waals surface area contributed by atoms with Crippen molar-refractivity contribution < 1.29 is 0 Å². The number of imidazole rings is 1. The number of aromatic nitrogens is 2. The SMILES string of the molecule is CNC(C)(C#N)CCn1cnc(C#N)c1C#N. The van der Waals surface area contributed by atoms with Crippen LogP contribution in [0.5, 0.6) is 0 Å². The van der Waals surface area contributed by atoms with E-state index in [1.54, 1.807) is 18.5 Å². The van der Waals surface area contributed by atoms with Crippen LogP contribution in [0.25, 0.3) is 0 Å². The third-order valence-electron chi connectivity index (χ3n) is 2.70. The van der Waals surface area contributed by atoms with Crippen molar-refractivity contribution in [3.05, 3.63) is 17.7 Å². The molecule has 0 bridgehead atoms. The maximum atomic E-state index is 8.99. The highest BCUT2D eigenvalue weighted by molar-refractivity contribution is 5.36. The molecule has 0 aliphatic rings. The van der Waals surface area contributed by atoms with Crippen LogP contribution in [-0.4, -0.2) is 22.1 Å². The maximum absolute atomic E-state index is 8.99. The van der Waals surface area contributed by atoms with Gasteiger partial charge in [0.25, 0.3) is 0 Å². The minimum Gasteiger partial charge on any atom is -0.321 e. The van der Waals surface area contributed by atoms with Crippen molar-refractivity contribution in [3.63, 3.8) is 0 Å². The van der Waals surface area contributed by atoms with Crippen molar-refractivity contribution in [2.45, 2.75) is 25.4 Å². The minimum absolute atomic E-state index is 0.121. The second kappa shape index (κ2) is 5.12. The lowest BCUT2D eigenvalue weighted by Gasteiger charge is -2.20. The molecule has 0 radical (unpaired) electrons. The van der Waals surface area contributed by atoms with Gasteiger partial charge in [-0.1, -0.05) is 0 Å². The summed E-state index contributed by atoms with van der Waals surface area (Å²) in [7, 11) is 1.71. The normalized spacial score (nSPS) is 13.1. The molecule has 6 heteroatoms. The zero-order chi connectivity index (χ0) is 12.9. The van der Waals surface area contributed by atoms with E-state index in [2.05, 4.69) is 16.4 Å². The molecular formula is C11H12N6.